The first-order chi connectivity index (χ1) is 13.6. The summed E-state index contributed by atoms with van der Waals surface area (Å²) in [6, 6.07) is 15.1. The third-order valence-electron chi connectivity index (χ3n) is 5.54. The Balaban J connectivity index is 1.37. The lowest BCUT2D eigenvalue weighted by atomic mass is 10.0. The van der Waals surface area contributed by atoms with Crippen LogP contribution < -0.4 is 9.47 Å². The Hall–Kier alpha value is -2.49. The molecule has 2 aromatic rings. The van der Waals surface area contributed by atoms with Gasteiger partial charge in [-0.1, -0.05) is 44.2 Å². The molecule has 0 aromatic heterocycles. The van der Waals surface area contributed by atoms with Gasteiger partial charge in [-0.3, -0.25) is 4.79 Å². The van der Waals surface area contributed by atoms with E-state index in [2.05, 4.69) is 43.0 Å². The predicted octanol–water partition coefficient (Wildman–Crippen LogP) is 4.71. The van der Waals surface area contributed by atoms with E-state index in [1.165, 1.54) is 11.1 Å². The molecule has 4 nitrogen and oxygen atoms in total. The monoisotopic (exact) mass is 379 g/mol. The van der Waals surface area contributed by atoms with Crippen LogP contribution in [0, 0.1) is 0 Å². The molecule has 0 atom stereocenters. The van der Waals surface area contributed by atoms with Crippen molar-refractivity contribution in [2.75, 3.05) is 13.2 Å². The van der Waals surface area contributed by atoms with E-state index in [9.17, 15) is 4.79 Å². The zero-order valence-corrected chi connectivity index (χ0v) is 16.8. The first kappa shape index (κ1) is 18.9. The number of nitrogens with zero attached hydrogens (tertiary/aromatic N) is 1. The fourth-order valence-corrected chi connectivity index (χ4v) is 3.65. The Labute approximate surface area is 167 Å². The van der Waals surface area contributed by atoms with E-state index in [4.69, 9.17) is 9.47 Å². The fourth-order valence-electron chi connectivity index (χ4n) is 3.65. The molecule has 1 amide bonds. The van der Waals surface area contributed by atoms with Gasteiger partial charge in [0.25, 0.3) is 0 Å². The van der Waals surface area contributed by atoms with Crippen LogP contribution in [0.4, 0.5) is 0 Å². The van der Waals surface area contributed by atoms with Gasteiger partial charge in [0.15, 0.2) is 11.5 Å². The summed E-state index contributed by atoms with van der Waals surface area (Å²) >= 11 is 0. The summed E-state index contributed by atoms with van der Waals surface area (Å²) in [5, 5.41) is 0. The maximum atomic E-state index is 12.9. The number of carbonyl (C=O) groups excluding carboxylic acids is 1. The van der Waals surface area contributed by atoms with Crippen LogP contribution in [0.2, 0.25) is 0 Å². The smallest absolute Gasteiger partial charge is 0.223 e. The van der Waals surface area contributed by atoms with Crippen LogP contribution in [0.1, 0.15) is 55.7 Å². The van der Waals surface area contributed by atoms with Gasteiger partial charge in [0.2, 0.25) is 5.91 Å². The molecule has 0 saturated heterocycles. The molecule has 0 bridgehead atoms. The van der Waals surface area contributed by atoms with Gasteiger partial charge < -0.3 is 14.4 Å². The molecule has 4 rings (SSSR count). The quantitative estimate of drug-likeness (QED) is 0.700. The number of ether oxygens (including phenoxy) is 2. The van der Waals surface area contributed by atoms with E-state index in [0.717, 1.165) is 36.3 Å². The highest BCUT2D eigenvalue weighted by atomic mass is 16.6. The van der Waals surface area contributed by atoms with Crippen LogP contribution in [0.3, 0.4) is 0 Å². The minimum atomic E-state index is 0.241. The number of carbonyl (C=O) groups is 1. The van der Waals surface area contributed by atoms with E-state index in [-0.39, 0.29) is 5.91 Å². The maximum Gasteiger partial charge on any atom is 0.223 e. The SMILES string of the molecule is CC(C)c1ccc(CN(C(=O)CCc2ccc3c(c2)OCCO3)C2CC2)cc1. The normalized spacial score (nSPS) is 15.5. The van der Waals surface area contributed by atoms with Gasteiger partial charge in [0, 0.05) is 19.0 Å². The lowest BCUT2D eigenvalue weighted by molar-refractivity contribution is -0.132. The van der Waals surface area contributed by atoms with Gasteiger partial charge in [-0.25, -0.2) is 0 Å². The highest BCUT2D eigenvalue weighted by Gasteiger charge is 2.32. The van der Waals surface area contributed by atoms with Crippen LogP contribution in [0.5, 0.6) is 11.5 Å². The van der Waals surface area contributed by atoms with E-state index < -0.39 is 0 Å². The molecule has 1 aliphatic heterocycles. The zero-order valence-electron chi connectivity index (χ0n) is 16.8. The second-order valence-corrected chi connectivity index (χ2v) is 8.13. The van der Waals surface area contributed by atoms with Crippen molar-refractivity contribution in [1.82, 2.24) is 4.90 Å². The first-order valence-corrected chi connectivity index (χ1v) is 10.4. The highest BCUT2D eigenvalue weighted by Crippen LogP contribution is 2.32. The van der Waals surface area contributed by atoms with Crippen molar-refractivity contribution >= 4 is 5.91 Å². The molecule has 4 heteroatoms. The van der Waals surface area contributed by atoms with Gasteiger partial charge in [0.1, 0.15) is 13.2 Å². The summed E-state index contributed by atoms with van der Waals surface area (Å²) in [5.41, 5.74) is 3.67. The topological polar surface area (TPSA) is 38.8 Å². The van der Waals surface area contributed by atoms with Crippen molar-refractivity contribution in [3.8, 4) is 11.5 Å². The summed E-state index contributed by atoms with van der Waals surface area (Å²) in [5.74, 6) is 2.36. The Morgan fingerprint density at radius 1 is 1.00 bits per heavy atom. The Bertz CT molecular complexity index is 824. The van der Waals surface area contributed by atoms with Gasteiger partial charge in [0.05, 0.1) is 0 Å². The van der Waals surface area contributed by atoms with Crippen LogP contribution in [0.15, 0.2) is 42.5 Å². The molecule has 28 heavy (non-hydrogen) atoms. The molecule has 2 aliphatic rings. The molecule has 0 N–H and O–H groups in total. The van der Waals surface area contributed by atoms with Crippen LogP contribution in [-0.2, 0) is 17.8 Å². The van der Waals surface area contributed by atoms with E-state index in [1.54, 1.807) is 0 Å². The fraction of sp³-hybridized carbons (Fsp3) is 0.458. The average Bonchev–Trinajstić information content (AvgIpc) is 3.55. The Morgan fingerprint density at radius 3 is 2.36 bits per heavy atom. The number of hydrogen-bond donors (Lipinski definition) is 0. The van der Waals surface area contributed by atoms with E-state index in [0.29, 0.717) is 38.1 Å². The number of amides is 1. The number of rotatable bonds is 7. The molecule has 1 heterocycles. The van der Waals surface area contributed by atoms with Crippen LogP contribution in [-0.4, -0.2) is 30.1 Å². The summed E-state index contributed by atoms with van der Waals surface area (Å²) in [4.78, 5) is 15.0. The number of benzene rings is 2. The van der Waals surface area contributed by atoms with Crippen molar-refractivity contribution in [1.29, 1.82) is 0 Å². The van der Waals surface area contributed by atoms with Gasteiger partial charge in [-0.15, -0.1) is 0 Å². The van der Waals surface area contributed by atoms with Crippen LogP contribution in [0.25, 0.3) is 0 Å². The van der Waals surface area contributed by atoms with E-state index >= 15 is 0 Å². The third-order valence-corrected chi connectivity index (χ3v) is 5.54. The maximum absolute atomic E-state index is 12.9. The van der Waals surface area contributed by atoms with Crippen molar-refractivity contribution in [3.05, 3.63) is 59.2 Å². The van der Waals surface area contributed by atoms with Crippen molar-refractivity contribution in [2.24, 2.45) is 0 Å². The van der Waals surface area contributed by atoms with Gasteiger partial charge in [-0.2, -0.15) is 0 Å². The number of hydrogen-bond acceptors (Lipinski definition) is 3. The highest BCUT2D eigenvalue weighted by molar-refractivity contribution is 5.77. The van der Waals surface area contributed by atoms with Gasteiger partial charge in [-0.05, 0) is 54.0 Å². The largest absolute Gasteiger partial charge is 0.486 e. The first-order valence-electron chi connectivity index (χ1n) is 10.4. The lowest BCUT2D eigenvalue weighted by Crippen LogP contribution is -2.32. The van der Waals surface area contributed by atoms with Gasteiger partial charge >= 0.3 is 0 Å². The number of aryl methyl sites for hydroxylation is 1. The molecule has 0 spiro atoms. The molecule has 1 fully saturated rings. The second-order valence-electron chi connectivity index (χ2n) is 8.13. The molecule has 148 valence electrons. The molecule has 0 unspecified atom stereocenters. The Morgan fingerprint density at radius 2 is 1.68 bits per heavy atom. The molecule has 1 aliphatic carbocycles. The van der Waals surface area contributed by atoms with Crippen LogP contribution >= 0.6 is 0 Å². The Kier molecular flexibility index (Phi) is 5.56. The summed E-state index contributed by atoms with van der Waals surface area (Å²) in [7, 11) is 0. The molecule has 1 saturated carbocycles. The minimum absolute atomic E-state index is 0.241. The second kappa shape index (κ2) is 8.26. The molecule has 2 aromatic carbocycles. The van der Waals surface area contributed by atoms with Crippen molar-refractivity contribution in [3.63, 3.8) is 0 Å². The summed E-state index contributed by atoms with van der Waals surface area (Å²) in [6.45, 7) is 6.29. The average molecular weight is 380 g/mol. The van der Waals surface area contributed by atoms with Crippen molar-refractivity contribution in [2.45, 2.75) is 58.0 Å². The van der Waals surface area contributed by atoms with E-state index in [1.807, 2.05) is 18.2 Å². The lowest BCUT2D eigenvalue weighted by Gasteiger charge is -2.23. The third kappa shape index (κ3) is 4.49. The zero-order chi connectivity index (χ0) is 19.5. The summed E-state index contributed by atoms with van der Waals surface area (Å²) < 4.78 is 11.2. The summed E-state index contributed by atoms with van der Waals surface area (Å²) in [6.07, 6.45) is 3.50. The predicted molar refractivity (Wildman–Crippen MR) is 110 cm³/mol. The standard InChI is InChI=1S/C24H29NO3/c1-17(2)20-7-3-19(4-8-20)16-25(21-9-10-21)24(26)12-6-18-5-11-22-23(15-18)28-14-13-27-22/h3-5,7-8,11,15,17,21H,6,9-10,12-14,16H2,1-2H3. The molecule has 0 radical (unpaired) electrons. The number of fused-ring (bicyclic) bond motifs is 1. The molecular formula is C24H29NO3. The minimum Gasteiger partial charge on any atom is -0.486 e. The van der Waals surface area contributed by atoms with Crippen molar-refractivity contribution < 1.29 is 14.3 Å². The molecular weight excluding hydrogens is 350 g/mol.